The third kappa shape index (κ3) is 3.14. The third-order valence-electron chi connectivity index (χ3n) is 4.03. The summed E-state index contributed by atoms with van der Waals surface area (Å²) in [6.45, 7) is 3.17. The molecular weight excluding hydrogens is 258 g/mol. The summed E-state index contributed by atoms with van der Waals surface area (Å²) >= 11 is 0. The molecule has 3 aromatic rings. The maximum Gasteiger partial charge on any atom is 0.0492 e. The van der Waals surface area contributed by atoms with E-state index in [1.54, 1.807) is 0 Å². The van der Waals surface area contributed by atoms with Crippen LogP contribution in [0.3, 0.4) is 0 Å². The highest BCUT2D eigenvalue weighted by Gasteiger charge is 2.06. The van der Waals surface area contributed by atoms with E-state index in [-0.39, 0.29) is 0 Å². The fourth-order valence-corrected chi connectivity index (χ4v) is 2.66. The number of nitrogens with one attached hydrogen (secondary N) is 1. The van der Waals surface area contributed by atoms with Gasteiger partial charge in [0.25, 0.3) is 0 Å². The second kappa shape index (κ2) is 6.10. The summed E-state index contributed by atoms with van der Waals surface area (Å²) in [5.41, 5.74) is 2.59. The highest BCUT2D eigenvalue weighted by atomic mass is 15.3. The van der Waals surface area contributed by atoms with Crippen molar-refractivity contribution in [2.24, 2.45) is 7.05 Å². The quantitative estimate of drug-likeness (QED) is 0.775. The average molecular weight is 279 g/mol. The molecule has 1 aromatic heterocycles. The van der Waals surface area contributed by atoms with Gasteiger partial charge < -0.3 is 5.32 Å². The topological polar surface area (TPSA) is 29.9 Å². The first-order chi connectivity index (χ1) is 10.2. The lowest BCUT2D eigenvalue weighted by molar-refractivity contribution is 0.564. The lowest BCUT2D eigenvalue weighted by Crippen LogP contribution is -2.22. The molecule has 3 rings (SSSR count). The van der Waals surface area contributed by atoms with Crippen LogP contribution in [-0.2, 0) is 13.5 Å². The number of aryl methyl sites for hydroxylation is 1. The maximum atomic E-state index is 4.20. The van der Waals surface area contributed by atoms with Crippen LogP contribution in [0.1, 0.15) is 24.2 Å². The zero-order chi connectivity index (χ0) is 14.7. The first-order valence-electron chi connectivity index (χ1n) is 7.43. The van der Waals surface area contributed by atoms with Gasteiger partial charge in [0.05, 0.1) is 0 Å². The van der Waals surface area contributed by atoms with Gasteiger partial charge >= 0.3 is 0 Å². The van der Waals surface area contributed by atoms with Gasteiger partial charge in [0.15, 0.2) is 0 Å². The summed E-state index contributed by atoms with van der Waals surface area (Å²) < 4.78 is 1.93. The Hall–Kier alpha value is -2.13. The lowest BCUT2D eigenvalue weighted by Gasteiger charge is -2.15. The molecule has 1 N–H and O–H groups in total. The molecule has 3 nitrogen and oxygen atoms in total. The first kappa shape index (κ1) is 13.8. The van der Waals surface area contributed by atoms with Crippen LogP contribution >= 0.6 is 0 Å². The fourth-order valence-electron chi connectivity index (χ4n) is 2.66. The van der Waals surface area contributed by atoms with Crippen LogP contribution in [0.15, 0.2) is 54.7 Å². The molecule has 0 aliphatic carbocycles. The monoisotopic (exact) mass is 279 g/mol. The standard InChI is InChI=1S/C18H21N3/c1-14(19-11-9-18-10-12-20-21(18)2)16-8-7-15-5-3-4-6-17(15)13-16/h3-8,10,12-14,19H,9,11H2,1-2H3. The highest BCUT2D eigenvalue weighted by molar-refractivity contribution is 5.83. The average Bonchev–Trinajstić information content (AvgIpc) is 2.92. The van der Waals surface area contributed by atoms with Crippen molar-refractivity contribution in [3.63, 3.8) is 0 Å². The molecule has 0 amide bonds. The number of aromatic nitrogens is 2. The molecule has 21 heavy (non-hydrogen) atoms. The van der Waals surface area contributed by atoms with Crippen LogP contribution in [0.25, 0.3) is 10.8 Å². The summed E-state index contributed by atoms with van der Waals surface area (Å²) in [5.74, 6) is 0. The van der Waals surface area contributed by atoms with E-state index < -0.39 is 0 Å². The second-order valence-electron chi connectivity index (χ2n) is 5.48. The number of nitrogens with zero attached hydrogens (tertiary/aromatic N) is 2. The number of hydrogen-bond acceptors (Lipinski definition) is 2. The Morgan fingerprint density at radius 3 is 2.67 bits per heavy atom. The van der Waals surface area contributed by atoms with E-state index in [1.165, 1.54) is 22.0 Å². The van der Waals surface area contributed by atoms with Crippen molar-refractivity contribution in [2.75, 3.05) is 6.54 Å². The first-order valence-corrected chi connectivity index (χ1v) is 7.43. The summed E-state index contributed by atoms with van der Waals surface area (Å²) in [6, 6.07) is 17.6. The smallest absolute Gasteiger partial charge is 0.0492 e. The van der Waals surface area contributed by atoms with Crippen LogP contribution in [0.5, 0.6) is 0 Å². The van der Waals surface area contributed by atoms with E-state index in [2.05, 4.69) is 65.9 Å². The van der Waals surface area contributed by atoms with Crippen molar-refractivity contribution in [2.45, 2.75) is 19.4 Å². The molecular formula is C18H21N3. The molecule has 0 radical (unpaired) electrons. The lowest BCUT2D eigenvalue weighted by atomic mass is 10.0. The van der Waals surface area contributed by atoms with Crippen LogP contribution in [-0.4, -0.2) is 16.3 Å². The van der Waals surface area contributed by atoms with Gasteiger partial charge in [0, 0.05) is 37.9 Å². The number of hydrogen-bond donors (Lipinski definition) is 1. The molecule has 0 bridgehead atoms. The molecule has 1 unspecified atom stereocenters. The summed E-state index contributed by atoms with van der Waals surface area (Å²) in [6.07, 6.45) is 2.84. The van der Waals surface area contributed by atoms with Crippen molar-refractivity contribution in [3.8, 4) is 0 Å². The number of benzene rings is 2. The Morgan fingerprint density at radius 1 is 1.10 bits per heavy atom. The van der Waals surface area contributed by atoms with Crippen LogP contribution in [0, 0.1) is 0 Å². The van der Waals surface area contributed by atoms with E-state index in [0.29, 0.717) is 6.04 Å². The van der Waals surface area contributed by atoms with Gasteiger partial charge in [0.1, 0.15) is 0 Å². The predicted octanol–water partition coefficient (Wildman–Crippen LogP) is 3.47. The van der Waals surface area contributed by atoms with E-state index in [9.17, 15) is 0 Å². The van der Waals surface area contributed by atoms with Gasteiger partial charge in [-0.15, -0.1) is 0 Å². The molecule has 108 valence electrons. The van der Waals surface area contributed by atoms with Gasteiger partial charge in [0.2, 0.25) is 0 Å². The summed E-state index contributed by atoms with van der Waals surface area (Å²) in [5, 5.41) is 10.4. The number of rotatable bonds is 5. The molecule has 0 saturated carbocycles. The van der Waals surface area contributed by atoms with E-state index in [0.717, 1.165) is 13.0 Å². The molecule has 0 aliphatic heterocycles. The zero-order valence-electron chi connectivity index (χ0n) is 12.6. The predicted molar refractivity (Wildman–Crippen MR) is 87.3 cm³/mol. The molecule has 1 atom stereocenters. The number of fused-ring (bicyclic) bond motifs is 1. The van der Waals surface area contributed by atoms with Crippen molar-refractivity contribution in [1.82, 2.24) is 15.1 Å². The van der Waals surface area contributed by atoms with Gasteiger partial charge in [-0.25, -0.2) is 0 Å². The minimum Gasteiger partial charge on any atom is -0.310 e. The van der Waals surface area contributed by atoms with Gasteiger partial charge in [-0.05, 0) is 35.4 Å². The summed E-state index contributed by atoms with van der Waals surface area (Å²) in [7, 11) is 1.99. The minimum absolute atomic E-state index is 0.350. The fraction of sp³-hybridized carbons (Fsp3) is 0.278. The van der Waals surface area contributed by atoms with Crippen molar-refractivity contribution < 1.29 is 0 Å². The van der Waals surface area contributed by atoms with Crippen molar-refractivity contribution in [3.05, 3.63) is 66.0 Å². The normalized spacial score (nSPS) is 12.7. The van der Waals surface area contributed by atoms with Gasteiger partial charge in [-0.3, -0.25) is 4.68 Å². The minimum atomic E-state index is 0.350. The van der Waals surface area contributed by atoms with E-state index >= 15 is 0 Å². The van der Waals surface area contributed by atoms with Crippen molar-refractivity contribution in [1.29, 1.82) is 0 Å². The highest BCUT2D eigenvalue weighted by Crippen LogP contribution is 2.20. The Bertz CT molecular complexity index is 730. The zero-order valence-corrected chi connectivity index (χ0v) is 12.6. The molecule has 2 aromatic carbocycles. The SMILES string of the molecule is CC(NCCc1ccnn1C)c1ccc2ccccc2c1. The van der Waals surface area contributed by atoms with E-state index in [4.69, 9.17) is 0 Å². The van der Waals surface area contributed by atoms with Crippen molar-refractivity contribution >= 4 is 10.8 Å². The third-order valence-corrected chi connectivity index (χ3v) is 4.03. The second-order valence-corrected chi connectivity index (χ2v) is 5.48. The van der Waals surface area contributed by atoms with Gasteiger partial charge in [-0.1, -0.05) is 36.4 Å². The molecule has 0 aliphatic rings. The largest absolute Gasteiger partial charge is 0.310 e. The molecule has 3 heteroatoms. The molecule has 0 saturated heterocycles. The molecule has 0 fully saturated rings. The van der Waals surface area contributed by atoms with E-state index in [1.807, 2.05) is 17.9 Å². The molecule has 1 heterocycles. The van der Waals surface area contributed by atoms with Crippen LogP contribution in [0.4, 0.5) is 0 Å². The van der Waals surface area contributed by atoms with Crippen LogP contribution < -0.4 is 5.32 Å². The Morgan fingerprint density at radius 2 is 1.90 bits per heavy atom. The molecule has 0 spiro atoms. The Kier molecular flexibility index (Phi) is 4.02. The van der Waals surface area contributed by atoms with Gasteiger partial charge in [-0.2, -0.15) is 5.10 Å². The Labute approximate surface area is 125 Å². The van der Waals surface area contributed by atoms with Crippen LogP contribution in [0.2, 0.25) is 0 Å². The summed E-state index contributed by atoms with van der Waals surface area (Å²) in [4.78, 5) is 0. The Balaban J connectivity index is 1.63. The maximum absolute atomic E-state index is 4.20.